The zero-order chi connectivity index (χ0) is 17.9. The summed E-state index contributed by atoms with van der Waals surface area (Å²) in [5, 5.41) is 9.65. The number of hydrogen-bond donors (Lipinski definition) is 1. The molecule has 0 amide bonds. The van der Waals surface area contributed by atoms with Crippen molar-refractivity contribution in [3.8, 4) is 11.5 Å². The van der Waals surface area contributed by atoms with Gasteiger partial charge in [-0.2, -0.15) is 0 Å². The van der Waals surface area contributed by atoms with Crippen LogP contribution in [-0.4, -0.2) is 15.4 Å². The zero-order valence-corrected chi connectivity index (χ0v) is 14.9. The normalized spacial score (nSPS) is 23.6. The number of aromatic nitrogens is 1. The fraction of sp³-hybridized carbons (Fsp3) is 0.200. The molecule has 2 atom stereocenters. The lowest BCUT2D eigenvalue weighted by atomic mass is 9.93. The highest BCUT2D eigenvalue weighted by Crippen LogP contribution is 2.42. The van der Waals surface area contributed by atoms with Gasteiger partial charge in [0.05, 0.1) is 10.6 Å². The van der Waals surface area contributed by atoms with Crippen molar-refractivity contribution in [2.24, 2.45) is 4.99 Å². The topological polar surface area (TPSA) is 63.8 Å². The van der Waals surface area contributed by atoms with Crippen molar-refractivity contribution in [1.82, 2.24) is 4.57 Å². The van der Waals surface area contributed by atoms with Gasteiger partial charge >= 0.3 is 0 Å². The van der Waals surface area contributed by atoms with Crippen molar-refractivity contribution in [3.63, 3.8) is 0 Å². The van der Waals surface area contributed by atoms with Crippen molar-refractivity contribution in [3.05, 3.63) is 79.3 Å². The second kappa shape index (κ2) is 5.32. The largest absolute Gasteiger partial charge is 0.508 e. The van der Waals surface area contributed by atoms with Gasteiger partial charge in [-0.3, -0.25) is 9.36 Å². The standard InChI is InChI=1S/C20H16N2O3S/c1-20-11-15(14-7-2-3-8-16(14)25-20)22-18(24)17(26-19(22)21-20)10-12-5-4-6-13(23)9-12/h2-10,15,23H,11H2,1H3/b17-10-/t15-,20+/m0/s1. The Morgan fingerprint density at radius 2 is 2.15 bits per heavy atom. The van der Waals surface area contributed by atoms with E-state index in [0.29, 0.717) is 15.8 Å². The van der Waals surface area contributed by atoms with Crippen molar-refractivity contribution in [1.29, 1.82) is 0 Å². The molecule has 0 saturated heterocycles. The number of ether oxygens (including phenoxy) is 1. The van der Waals surface area contributed by atoms with E-state index in [9.17, 15) is 9.90 Å². The Morgan fingerprint density at radius 3 is 3.00 bits per heavy atom. The van der Waals surface area contributed by atoms with Crippen LogP contribution in [0.1, 0.15) is 30.5 Å². The van der Waals surface area contributed by atoms with Gasteiger partial charge in [0.25, 0.3) is 5.56 Å². The van der Waals surface area contributed by atoms with E-state index in [1.54, 1.807) is 28.8 Å². The molecular weight excluding hydrogens is 348 g/mol. The monoisotopic (exact) mass is 364 g/mol. The van der Waals surface area contributed by atoms with Crippen molar-refractivity contribution in [2.45, 2.75) is 25.1 Å². The van der Waals surface area contributed by atoms with Crippen LogP contribution in [0.2, 0.25) is 0 Å². The second-order valence-corrected chi connectivity index (χ2v) is 7.82. The molecule has 0 fully saturated rings. The quantitative estimate of drug-likeness (QED) is 0.720. The van der Waals surface area contributed by atoms with Crippen LogP contribution in [0.3, 0.4) is 0 Å². The predicted octanol–water partition coefficient (Wildman–Crippen LogP) is 2.17. The molecule has 2 aliphatic rings. The fourth-order valence-electron chi connectivity index (χ4n) is 3.70. The molecule has 0 unspecified atom stereocenters. The molecular formula is C20H16N2O3S. The number of rotatable bonds is 1. The third-order valence-electron chi connectivity index (χ3n) is 4.83. The highest BCUT2D eigenvalue weighted by molar-refractivity contribution is 7.07. The summed E-state index contributed by atoms with van der Waals surface area (Å²) >= 11 is 1.36. The Bertz CT molecular complexity index is 1210. The van der Waals surface area contributed by atoms with Crippen molar-refractivity contribution >= 4 is 17.4 Å². The molecule has 5 rings (SSSR count). The molecule has 0 aliphatic carbocycles. The molecule has 1 aromatic heterocycles. The van der Waals surface area contributed by atoms with E-state index in [-0.39, 0.29) is 17.4 Å². The van der Waals surface area contributed by atoms with Gasteiger partial charge < -0.3 is 9.84 Å². The molecule has 0 saturated carbocycles. The van der Waals surface area contributed by atoms with Gasteiger partial charge in [-0.1, -0.05) is 41.7 Å². The molecule has 3 heterocycles. The van der Waals surface area contributed by atoms with Crippen molar-refractivity contribution < 1.29 is 9.84 Å². The smallest absolute Gasteiger partial charge is 0.270 e. The molecule has 26 heavy (non-hydrogen) atoms. The summed E-state index contributed by atoms with van der Waals surface area (Å²) in [4.78, 5) is 18.5. The Morgan fingerprint density at radius 1 is 1.31 bits per heavy atom. The fourth-order valence-corrected chi connectivity index (χ4v) is 4.83. The maximum atomic E-state index is 13.1. The Labute approximate surface area is 153 Å². The molecule has 0 spiro atoms. The summed E-state index contributed by atoms with van der Waals surface area (Å²) in [6.07, 6.45) is 2.44. The maximum absolute atomic E-state index is 13.1. The first-order valence-corrected chi connectivity index (χ1v) is 9.24. The molecule has 3 aromatic rings. The lowest BCUT2D eigenvalue weighted by Gasteiger charge is -2.39. The Kier molecular flexibility index (Phi) is 3.15. The van der Waals surface area contributed by atoms with Gasteiger partial charge in [0.1, 0.15) is 11.5 Å². The number of nitrogens with zero attached hydrogens (tertiary/aromatic N) is 2. The van der Waals surface area contributed by atoms with E-state index in [1.165, 1.54) is 11.3 Å². The maximum Gasteiger partial charge on any atom is 0.270 e. The molecule has 5 nitrogen and oxygen atoms in total. The van der Waals surface area contributed by atoms with Crippen LogP contribution in [0.15, 0.2) is 58.3 Å². The summed E-state index contributed by atoms with van der Waals surface area (Å²) in [6.45, 7) is 1.96. The average molecular weight is 364 g/mol. The van der Waals surface area contributed by atoms with E-state index >= 15 is 0 Å². The molecule has 0 radical (unpaired) electrons. The highest BCUT2D eigenvalue weighted by atomic mass is 32.1. The minimum absolute atomic E-state index is 0.0548. The number of phenolic OH excluding ortho intramolecular Hbond substituents is 1. The van der Waals surface area contributed by atoms with Crippen LogP contribution in [0, 0.1) is 0 Å². The first kappa shape index (κ1) is 15.4. The van der Waals surface area contributed by atoms with E-state index in [0.717, 1.165) is 16.9 Å². The third-order valence-corrected chi connectivity index (χ3v) is 5.81. The van der Waals surface area contributed by atoms with Gasteiger partial charge in [-0.15, -0.1) is 0 Å². The number of phenols is 1. The first-order valence-electron chi connectivity index (χ1n) is 8.42. The van der Waals surface area contributed by atoms with Crippen LogP contribution in [-0.2, 0) is 0 Å². The van der Waals surface area contributed by atoms with Gasteiger partial charge in [0.2, 0.25) is 5.72 Å². The van der Waals surface area contributed by atoms with E-state index in [4.69, 9.17) is 9.73 Å². The van der Waals surface area contributed by atoms with Gasteiger partial charge in [-0.25, -0.2) is 4.99 Å². The highest BCUT2D eigenvalue weighted by Gasteiger charge is 2.42. The third kappa shape index (κ3) is 2.29. The van der Waals surface area contributed by atoms with Gasteiger partial charge in [0.15, 0.2) is 4.80 Å². The van der Waals surface area contributed by atoms with Crippen LogP contribution in [0.25, 0.3) is 6.08 Å². The lowest BCUT2D eigenvalue weighted by Crippen LogP contribution is -2.49. The summed E-state index contributed by atoms with van der Waals surface area (Å²) in [6, 6.07) is 14.6. The molecule has 6 heteroatoms. The minimum atomic E-state index is -0.654. The van der Waals surface area contributed by atoms with Crippen LogP contribution >= 0.6 is 11.3 Å². The molecule has 2 bridgehead atoms. The molecule has 130 valence electrons. The van der Waals surface area contributed by atoms with Crippen molar-refractivity contribution in [2.75, 3.05) is 0 Å². The number of hydrogen-bond acceptors (Lipinski definition) is 5. The van der Waals surface area contributed by atoms with Gasteiger partial charge in [-0.05, 0) is 36.8 Å². The molecule has 1 N–H and O–H groups in total. The van der Waals surface area contributed by atoms with E-state index in [2.05, 4.69) is 0 Å². The Hall–Kier alpha value is -2.86. The average Bonchev–Trinajstić information content (AvgIpc) is 2.89. The number of thiazole rings is 1. The summed E-state index contributed by atoms with van der Waals surface area (Å²) in [5.74, 6) is 0.966. The number of benzene rings is 2. The van der Waals surface area contributed by atoms with E-state index < -0.39 is 5.72 Å². The number of para-hydroxylation sites is 1. The zero-order valence-electron chi connectivity index (χ0n) is 14.0. The van der Waals surface area contributed by atoms with Crippen LogP contribution in [0.4, 0.5) is 0 Å². The number of aromatic hydroxyl groups is 1. The van der Waals surface area contributed by atoms with Crippen LogP contribution in [0.5, 0.6) is 11.5 Å². The molecule has 2 aromatic carbocycles. The van der Waals surface area contributed by atoms with Crippen LogP contribution < -0.4 is 19.6 Å². The van der Waals surface area contributed by atoms with E-state index in [1.807, 2.05) is 37.3 Å². The lowest BCUT2D eigenvalue weighted by molar-refractivity contribution is 0.0410. The summed E-state index contributed by atoms with van der Waals surface area (Å²) in [7, 11) is 0. The SMILES string of the molecule is C[C@]12C[C@@H](c3ccccc3O1)n1c(s/c(=C\c3cccc(O)c3)c1=O)=N2. The molecule has 2 aliphatic heterocycles. The Balaban J connectivity index is 1.76. The second-order valence-electron chi connectivity index (χ2n) is 6.81. The minimum Gasteiger partial charge on any atom is -0.508 e. The first-order chi connectivity index (χ1) is 12.5. The summed E-state index contributed by atoms with van der Waals surface area (Å²) < 4.78 is 8.49. The van der Waals surface area contributed by atoms with Gasteiger partial charge in [0, 0.05) is 12.0 Å². The predicted molar refractivity (Wildman–Crippen MR) is 99.3 cm³/mol. The summed E-state index contributed by atoms with van der Waals surface area (Å²) in [5.41, 5.74) is 1.09. The number of fused-ring (bicyclic) bond motifs is 6.